The predicted octanol–water partition coefficient (Wildman–Crippen LogP) is 2.58. The lowest BCUT2D eigenvalue weighted by Gasteiger charge is -2.01. The molecule has 0 bridgehead atoms. The van der Waals surface area contributed by atoms with Gasteiger partial charge in [0.25, 0.3) is 0 Å². The zero-order valence-electron chi connectivity index (χ0n) is 14.0. The van der Waals surface area contributed by atoms with Crippen molar-refractivity contribution in [3.8, 4) is 21.3 Å². The average molecular weight is 432 g/mol. The first-order valence-corrected chi connectivity index (χ1v) is 10.2. The van der Waals surface area contributed by atoms with Crippen molar-refractivity contribution in [2.45, 2.75) is 17.6 Å². The number of hydrogen-bond donors (Lipinski definition) is 1. The quantitative estimate of drug-likeness (QED) is 0.659. The van der Waals surface area contributed by atoms with Gasteiger partial charge in [-0.3, -0.25) is 9.48 Å². The highest BCUT2D eigenvalue weighted by molar-refractivity contribution is 7.90. The van der Waals surface area contributed by atoms with Crippen LogP contribution < -0.4 is 0 Å². The third kappa shape index (κ3) is 4.20. The van der Waals surface area contributed by atoms with E-state index in [1.807, 2.05) is 0 Å². The molecule has 0 spiro atoms. The molecular formula is C15H11F3N4O4S2. The molecule has 0 radical (unpaired) electrons. The van der Waals surface area contributed by atoms with Gasteiger partial charge in [0.05, 0.1) is 4.90 Å². The first kappa shape index (κ1) is 19.9. The van der Waals surface area contributed by atoms with Crippen molar-refractivity contribution in [2.24, 2.45) is 0 Å². The Hall–Kier alpha value is -2.80. The molecular weight excluding hydrogens is 421 g/mol. The maximum absolute atomic E-state index is 12.9. The number of hydrogen-bond acceptors (Lipinski definition) is 7. The van der Waals surface area contributed by atoms with Gasteiger partial charge in [-0.15, -0.1) is 10.2 Å². The fourth-order valence-electron chi connectivity index (χ4n) is 2.28. The van der Waals surface area contributed by atoms with Crippen molar-refractivity contribution in [3.05, 3.63) is 36.0 Å². The second-order valence-corrected chi connectivity index (χ2v) is 8.67. The summed E-state index contributed by atoms with van der Waals surface area (Å²) in [6.07, 6.45) is -3.71. The van der Waals surface area contributed by atoms with Gasteiger partial charge in [0.1, 0.15) is 17.2 Å². The number of alkyl halides is 3. The number of carboxylic acids is 1. The molecule has 2 heterocycles. The van der Waals surface area contributed by atoms with E-state index in [0.29, 0.717) is 16.3 Å². The largest absolute Gasteiger partial charge is 0.480 e. The number of carboxylic acid groups (broad SMARTS) is 1. The van der Waals surface area contributed by atoms with E-state index in [9.17, 15) is 26.4 Å². The molecule has 2 aromatic heterocycles. The van der Waals surface area contributed by atoms with E-state index in [2.05, 4.69) is 15.3 Å². The highest BCUT2D eigenvalue weighted by atomic mass is 32.2. The monoisotopic (exact) mass is 432 g/mol. The van der Waals surface area contributed by atoms with Crippen LogP contribution >= 0.6 is 11.3 Å². The summed E-state index contributed by atoms with van der Waals surface area (Å²) in [5, 5.41) is 20.2. The molecule has 1 aromatic carbocycles. The van der Waals surface area contributed by atoms with Crippen molar-refractivity contribution in [2.75, 3.05) is 6.26 Å². The lowest BCUT2D eigenvalue weighted by atomic mass is 10.2. The fourth-order valence-corrected chi connectivity index (χ4v) is 3.81. The first-order valence-electron chi connectivity index (χ1n) is 7.46. The molecule has 3 rings (SSSR count). The molecule has 148 valence electrons. The molecule has 28 heavy (non-hydrogen) atoms. The van der Waals surface area contributed by atoms with Crippen LogP contribution in [0, 0.1) is 0 Å². The molecule has 1 N–H and O–H groups in total. The molecule has 0 atom stereocenters. The van der Waals surface area contributed by atoms with Crippen molar-refractivity contribution < 1.29 is 31.5 Å². The molecule has 8 nitrogen and oxygen atoms in total. The van der Waals surface area contributed by atoms with Gasteiger partial charge in [0, 0.05) is 11.8 Å². The Kier molecular flexibility index (Phi) is 4.97. The molecule has 0 saturated heterocycles. The number of carbonyl (C=O) groups is 1. The van der Waals surface area contributed by atoms with Gasteiger partial charge in [-0.25, -0.2) is 8.42 Å². The molecule has 0 unspecified atom stereocenters. The Balaban J connectivity index is 2.05. The molecule has 0 saturated carbocycles. The maximum Gasteiger partial charge on any atom is 0.435 e. The summed E-state index contributed by atoms with van der Waals surface area (Å²) in [6.45, 7) is -0.788. The number of aromatic nitrogens is 4. The van der Waals surface area contributed by atoms with Crippen LogP contribution in [-0.2, 0) is 27.4 Å². The Morgan fingerprint density at radius 1 is 1.21 bits per heavy atom. The summed E-state index contributed by atoms with van der Waals surface area (Å²) < 4.78 is 62.9. The zero-order chi connectivity index (χ0) is 20.7. The van der Waals surface area contributed by atoms with Gasteiger partial charge in [-0.2, -0.15) is 18.3 Å². The summed E-state index contributed by atoms with van der Waals surface area (Å²) in [5.74, 6) is -1.37. The van der Waals surface area contributed by atoms with Crippen LogP contribution in [0.25, 0.3) is 21.3 Å². The normalized spacial score (nSPS) is 12.3. The van der Waals surface area contributed by atoms with Crippen LogP contribution in [0.5, 0.6) is 0 Å². The fraction of sp³-hybridized carbons (Fsp3) is 0.200. The van der Waals surface area contributed by atoms with Crippen molar-refractivity contribution in [1.29, 1.82) is 0 Å². The van der Waals surface area contributed by atoms with E-state index < -0.39 is 34.2 Å². The topological polar surface area (TPSA) is 115 Å². The highest BCUT2D eigenvalue weighted by Crippen LogP contribution is 2.35. The SMILES string of the molecule is CS(=O)(=O)c1cccc(-c2nnc(-c3cc(C(F)(F)F)nn3CC(=O)O)s2)c1. The van der Waals surface area contributed by atoms with E-state index in [4.69, 9.17) is 5.11 Å². The van der Waals surface area contributed by atoms with E-state index in [1.165, 1.54) is 18.2 Å². The molecule has 13 heteroatoms. The Bertz CT molecular complexity index is 1150. The van der Waals surface area contributed by atoms with E-state index in [1.54, 1.807) is 6.07 Å². The lowest BCUT2D eigenvalue weighted by molar-refractivity contribution is -0.143. The third-order valence-corrected chi connectivity index (χ3v) is 5.61. The van der Waals surface area contributed by atoms with Crippen LogP contribution in [-0.4, -0.2) is 45.7 Å². The molecule has 0 aliphatic heterocycles. The Morgan fingerprint density at radius 2 is 1.89 bits per heavy atom. The number of sulfone groups is 1. The minimum Gasteiger partial charge on any atom is -0.480 e. The number of benzene rings is 1. The summed E-state index contributed by atoms with van der Waals surface area (Å²) in [7, 11) is -3.46. The maximum atomic E-state index is 12.9. The smallest absolute Gasteiger partial charge is 0.435 e. The van der Waals surface area contributed by atoms with Gasteiger partial charge >= 0.3 is 12.1 Å². The second kappa shape index (κ2) is 6.98. The number of aliphatic carboxylic acids is 1. The summed E-state index contributed by atoms with van der Waals surface area (Å²) in [4.78, 5) is 11.0. The lowest BCUT2D eigenvalue weighted by Crippen LogP contribution is -2.13. The zero-order valence-corrected chi connectivity index (χ0v) is 15.6. The van der Waals surface area contributed by atoms with Crippen molar-refractivity contribution in [3.63, 3.8) is 0 Å². The minimum absolute atomic E-state index is 0.0176. The van der Waals surface area contributed by atoms with Crippen LogP contribution in [0.1, 0.15) is 5.69 Å². The van der Waals surface area contributed by atoms with Gasteiger partial charge in [0.2, 0.25) is 0 Å². The number of nitrogens with zero attached hydrogens (tertiary/aromatic N) is 4. The van der Waals surface area contributed by atoms with E-state index in [0.717, 1.165) is 17.6 Å². The summed E-state index contributed by atoms with van der Waals surface area (Å²) in [5.41, 5.74) is -0.996. The summed E-state index contributed by atoms with van der Waals surface area (Å²) in [6, 6.07) is 6.55. The molecule has 3 aromatic rings. The Morgan fingerprint density at radius 3 is 2.50 bits per heavy atom. The van der Waals surface area contributed by atoms with E-state index in [-0.39, 0.29) is 20.6 Å². The van der Waals surface area contributed by atoms with Crippen LogP contribution in [0.3, 0.4) is 0 Å². The standard InChI is InChI=1S/C15H11F3N4O4S2/c1-28(25,26)9-4-2-3-8(5-9)13-19-20-14(27-13)10-6-11(15(16,17)18)21-22(10)7-12(23)24/h2-6H,7H2,1H3,(H,23,24). The first-order chi connectivity index (χ1) is 12.9. The number of halogens is 3. The minimum atomic E-state index is -4.75. The third-order valence-electron chi connectivity index (χ3n) is 3.51. The molecule has 0 aliphatic carbocycles. The predicted molar refractivity (Wildman–Crippen MR) is 92.3 cm³/mol. The van der Waals surface area contributed by atoms with Crippen molar-refractivity contribution >= 4 is 27.1 Å². The van der Waals surface area contributed by atoms with Crippen LogP contribution in [0.15, 0.2) is 35.2 Å². The average Bonchev–Trinajstić information content (AvgIpc) is 3.20. The highest BCUT2D eigenvalue weighted by Gasteiger charge is 2.35. The molecule has 0 fully saturated rings. The van der Waals surface area contributed by atoms with Crippen molar-refractivity contribution in [1.82, 2.24) is 20.0 Å². The molecule has 0 aliphatic rings. The Labute approximate surface area is 160 Å². The van der Waals surface area contributed by atoms with Gasteiger partial charge in [0.15, 0.2) is 20.5 Å². The number of rotatable bonds is 5. The van der Waals surface area contributed by atoms with Gasteiger partial charge < -0.3 is 5.11 Å². The summed E-state index contributed by atoms with van der Waals surface area (Å²) >= 11 is 0.885. The van der Waals surface area contributed by atoms with E-state index >= 15 is 0 Å². The van der Waals surface area contributed by atoms with Gasteiger partial charge in [-0.05, 0) is 18.2 Å². The van der Waals surface area contributed by atoms with Crippen LogP contribution in [0.2, 0.25) is 0 Å². The second-order valence-electron chi connectivity index (χ2n) is 5.68. The van der Waals surface area contributed by atoms with Crippen LogP contribution in [0.4, 0.5) is 13.2 Å². The van der Waals surface area contributed by atoms with Gasteiger partial charge in [-0.1, -0.05) is 23.5 Å². The molecule has 0 amide bonds.